The zero-order valence-electron chi connectivity index (χ0n) is 67.3. The first-order chi connectivity index (χ1) is 50.0. The molecule has 0 rings (SSSR count). The van der Waals surface area contributed by atoms with Gasteiger partial charge in [0.05, 0.1) is 27.7 Å². The van der Waals surface area contributed by atoms with Gasteiger partial charge in [-0.25, -0.2) is 4.57 Å². The third kappa shape index (κ3) is 85.1. The Hall–Kier alpha value is -3.85. The summed E-state index contributed by atoms with van der Waals surface area (Å²) >= 11 is 0. The molecule has 0 amide bonds. The molecule has 0 aliphatic rings. The van der Waals surface area contributed by atoms with Crippen LogP contribution in [0.2, 0.25) is 0 Å². The van der Waals surface area contributed by atoms with Gasteiger partial charge in [-0.2, -0.15) is 0 Å². The molecule has 9 nitrogen and oxygen atoms in total. The van der Waals surface area contributed by atoms with Crippen molar-refractivity contribution < 1.29 is 42.1 Å². The monoisotopic (exact) mass is 1440 g/mol. The van der Waals surface area contributed by atoms with Crippen molar-refractivity contribution in [2.24, 2.45) is 0 Å². The van der Waals surface area contributed by atoms with Crippen molar-refractivity contribution in [3.8, 4) is 0 Å². The molecular formula is C92H163NO8P+. The molecule has 588 valence electrons. The number of hydrogen-bond acceptors (Lipinski definition) is 7. The van der Waals surface area contributed by atoms with Crippen LogP contribution in [0.3, 0.4) is 0 Å². The Labute approximate surface area is 631 Å². The standard InChI is InChI=1S/C92H162NO8P/c1-6-8-10-12-14-16-18-20-22-24-26-28-30-32-34-36-38-40-42-44-45-46-47-49-51-53-55-57-59-61-63-65-67-69-71-73-75-77-79-81-83-85-92(95)101-90(89-100-102(96,97)99-87-86-93(3,4)5)88-98-91(94)84-82-80-78-76-74-72-70-68-66-64-62-60-58-56-54-52-50-48-43-41-39-37-35-33-31-29-27-25-23-21-19-17-15-13-11-9-7-2/h8,10,14,16,19-22,25-28,32,34,38,40,44-45,47,49,53,55,90H,6-7,9,11-13,15,17-18,23-24,29-31,33,35-37,39,41-43,46,48,50-52,54,56-89H2,1-5H3/p+1/b10-8-,16-14-,21-19-,22-20-,27-25-,28-26-,34-32-,40-38-,45-44-,49-47-,55-53-. The van der Waals surface area contributed by atoms with Gasteiger partial charge in [-0.3, -0.25) is 18.6 Å². The Morgan fingerprint density at radius 1 is 0.314 bits per heavy atom. The van der Waals surface area contributed by atoms with E-state index in [2.05, 4.69) is 148 Å². The van der Waals surface area contributed by atoms with Gasteiger partial charge >= 0.3 is 19.8 Å². The van der Waals surface area contributed by atoms with Crippen molar-refractivity contribution in [3.05, 3.63) is 134 Å². The van der Waals surface area contributed by atoms with E-state index in [0.29, 0.717) is 17.4 Å². The summed E-state index contributed by atoms with van der Waals surface area (Å²) in [4.78, 5) is 36.0. The number of likely N-dealkylation sites (N-methyl/N-ethyl adjacent to an activating group) is 1. The Kier molecular flexibility index (Phi) is 78.2. The van der Waals surface area contributed by atoms with Crippen molar-refractivity contribution in [2.75, 3.05) is 47.5 Å². The predicted molar refractivity (Wildman–Crippen MR) is 445 cm³/mol. The number of rotatable bonds is 79. The average molecular weight is 1440 g/mol. The molecule has 0 aromatic rings. The van der Waals surface area contributed by atoms with E-state index in [4.69, 9.17) is 18.5 Å². The summed E-state index contributed by atoms with van der Waals surface area (Å²) in [6.07, 6.45) is 119. The van der Waals surface area contributed by atoms with Gasteiger partial charge in [0, 0.05) is 12.8 Å². The van der Waals surface area contributed by atoms with E-state index >= 15 is 0 Å². The van der Waals surface area contributed by atoms with Crippen LogP contribution >= 0.6 is 7.82 Å². The molecule has 0 aliphatic heterocycles. The SMILES string of the molecule is CC/C=C\C/C=C\C/C=C\C/C=C\C/C=C\C/C=C\C/C=C\C/C=C\C/C=C\CCCCCCCCCCCCCCCC(=O)OC(COC(=O)CCCCCCCCCCCCCCCCCCCCCCCCCCC/C=C\C/C=C\CCCCCCC)COP(=O)(O)OCC[N+](C)(C)C. The number of allylic oxidation sites excluding steroid dienone is 22. The van der Waals surface area contributed by atoms with Crippen LogP contribution in [-0.4, -0.2) is 74.9 Å². The Morgan fingerprint density at radius 3 is 0.833 bits per heavy atom. The van der Waals surface area contributed by atoms with Gasteiger partial charge in [-0.05, 0) is 116 Å². The van der Waals surface area contributed by atoms with E-state index in [1.807, 2.05) is 21.1 Å². The van der Waals surface area contributed by atoms with Crippen molar-refractivity contribution >= 4 is 19.8 Å². The minimum absolute atomic E-state index is 0.0289. The zero-order chi connectivity index (χ0) is 74.0. The lowest BCUT2D eigenvalue weighted by Gasteiger charge is -2.24. The topological polar surface area (TPSA) is 108 Å². The van der Waals surface area contributed by atoms with Crippen LogP contribution in [0.4, 0.5) is 0 Å². The number of quaternary nitrogens is 1. The average Bonchev–Trinajstić information content (AvgIpc) is 0.916. The number of phosphoric ester groups is 1. The second-order valence-corrected chi connectivity index (χ2v) is 31.3. The molecule has 0 aromatic heterocycles. The van der Waals surface area contributed by atoms with Gasteiger partial charge in [-0.15, -0.1) is 0 Å². The van der Waals surface area contributed by atoms with Crippen LogP contribution in [-0.2, 0) is 32.7 Å². The van der Waals surface area contributed by atoms with E-state index in [0.717, 1.165) is 103 Å². The number of carbonyl (C=O) groups excluding carboxylic acids is 2. The number of unbranched alkanes of at least 4 members (excludes halogenated alkanes) is 43. The molecule has 1 N–H and O–H groups in total. The summed E-state index contributed by atoms with van der Waals surface area (Å²) < 4.78 is 34.9. The van der Waals surface area contributed by atoms with Crippen molar-refractivity contribution in [2.45, 2.75) is 392 Å². The minimum Gasteiger partial charge on any atom is -0.462 e. The van der Waals surface area contributed by atoms with Gasteiger partial charge in [0.2, 0.25) is 0 Å². The number of hydrogen-bond donors (Lipinski definition) is 1. The molecule has 0 saturated heterocycles. The van der Waals surface area contributed by atoms with E-state index in [9.17, 15) is 19.0 Å². The molecule has 0 aromatic carbocycles. The van der Waals surface area contributed by atoms with Gasteiger partial charge in [0.1, 0.15) is 19.8 Å². The Bertz CT molecular complexity index is 2190. The highest BCUT2D eigenvalue weighted by molar-refractivity contribution is 7.47. The molecule has 102 heavy (non-hydrogen) atoms. The molecule has 0 saturated carbocycles. The number of esters is 2. The summed E-state index contributed by atoms with van der Waals surface area (Å²) in [6.45, 7) is 4.35. The number of phosphoric acid groups is 1. The van der Waals surface area contributed by atoms with Crippen molar-refractivity contribution in [1.82, 2.24) is 0 Å². The third-order valence-corrected chi connectivity index (χ3v) is 19.6. The van der Waals surface area contributed by atoms with Gasteiger partial charge in [0.15, 0.2) is 6.10 Å². The maximum atomic E-state index is 12.9. The van der Waals surface area contributed by atoms with Crippen LogP contribution in [0, 0.1) is 0 Å². The van der Waals surface area contributed by atoms with Gasteiger partial charge in [-0.1, -0.05) is 392 Å². The second-order valence-electron chi connectivity index (χ2n) is 29.8. The maximum Gasteiger partial charge on any atom is 0.472 e. The molecule has 0 fully saturated rings. The lowest BCUT2D eigenvalue weighted by atomic mass is 10.0. The van der Waals surface area contributed by atoms with Crippen LogP contribution in [0.5, 0.6) is 0 Å². The first-order valence-electron chi connectivity index (χ1n) is 42.9. The highest BCUT2D eigenvalue weighted by Gasteiger charge is 2.27. The lowest BCUT2D eigenvalue weighted by molar-refractivity contribution is -0.870. The molecule has 0 bridgehead atoms. The fourth-order valence-electron chi connectivity index (χ4n) is 12.2. The summed E-state index contributed by atoms with van der Waals surface area (Å²) in [6, 6.07) is 0. The Morgan fingerprint density at radius 2 is 0.559 bits per heavy atom. The maximum absolute atomic E-state index is 12.9. The van der Waals surface area contributed by atoms with E-state index in [1.165, 1.54) is 250 Å². The van der Waals surface area contributed by atoms with Crippen LogP contribution in [0.1, 0.15) is 386 Å². The van der Waals surface area contributed by atoms with Crippen LogP contribution in [0.25, 0.3) is 0 Å². The molecule has 0 spiro atoms. The normalized spacial score (nSPS) is 13.7. The largest absolute Gasteiger partial charge is 0.472 e. The zero-order valence-corrected chi connectivity index (χ0v) is 68.2. The smallest absolute Gasteiger partial charge is 0.462 e. The Balaban J connectivity index is 3.95. The summed E-state index contributed by atoms with van der Waals surface area (Å²) in [5.41, 5.74) is 0. The predicted octanol–water partition coefficient (Wildman–Crippen LogP) is 29.1. The summed E-state index contributed by atoms with van der Waals surface area (Å²) in [5, 5.41) is 0. The molecule has 0 heterocycles. The fourth-order valence-corrected chi connectivity index (χ4v) is 12.9. The van der Waals surface area contributed by atoms with Crippen LogP contribution < -0.4 is 0 Å². The third-order valence-electron chi connectivity index (χ3n) is 18.7. The van der Waals surface area contributed by atoms with E-state index in [1.54, 1.807) is 0 Å². The van der Waals surface area contributed by atoms with Gasteiger partial charge in [0.25, 0.3) is 0 Å². The highest BCUT2D eigenvalue weighted by atomic mass is 31.2. The fraction of sp³-hybridized carbons (Fsp3) is 0.739. The number of ether oxygens (including phenoxy) is 2. The van der Waals surface area contributed by atoms with Crippen molar-refractivity contribution in [3.63, 3.8) is 0 Å². The lowest BCUT2D eigenvalue weighted by Crippen LogP contribution is -2.37. The molecule has 0 aliphatic carbocycles. The first-order valence-corrected chi connectivity index (χ1v) is 44.4. The van der Waals surface area contributed by atoms with Crippen molar-refractivity contribution in [1.29, 1.82) is 0 Å². The first kappa shape index (κ1) is 98.2. The van der Waals surface area contributed by atoms with Gasteiger partial charge < -0.3 is 18.9 Å². The second kappa shape index (κ2) is 81.2. The number of carbonyl (C=O) groups is 2. The summed E-state index contributed by atoms with van der Waals surface area (Å²) in [7, 11) is 1.48. The molecule has 0 radical (unpaired) electrons. The quantitative estimate of drug-likeness (QED) is 0.0211. The number of nitrogens with zero attached hydrogens (tertiary/aromatic N) is 1. The molecule has 10 heteroatoms. The van der Waals surface area contributed by atoms with E-state index in [-0.39, 0.29) is 32.0 Å². The minimum atomic E-state index is -4.40. The molecule has 2 atom stereocenters. The van der Waals surface area contributed by atoms with Crippen LogP contribution in [0.15, 0.2) is 134 Å². The summed E-state index contributed by atoms with van der Waals surface area (Å²) in [5.74, 6) is -0.787. The highest BCUT2D eigenvalue weighted by Crippen LogP contribution is 2.43. The van der Waals surface area contributed by atoms with E-state index < -0.39 is 26.5 Å². The molecular weight excluding hydrogens is 1280 g/mol. The molecule has 2 unspecified atom stereocenters.